The van der Waals surface area contributed by atoms with Crippen molar-refractivity contribution >= 4 is 23.6 Å². The van der Waals surface area contributed by atoms with Crippen LogP contribution in [0.2, 0.25) is 5.02 Å². The van der Waals surface area contributed by atoms with Crippen LogP contribution in [0, 0.1) is 0 Å². The molecule has 0 aromatic heterocycles. The molecule has 1 rings (SSSR count). The summed E-state index contributed by atoms with van der Waals surface area (Å²) < 4.78 is 4.40. The molecular weight excluding hydrogens is 204 g/mol. The summed E-state index contributed by atoms with van der Waals surface area (Å²) in [6.07, 6.45) is 2.68. The third-order valence-corrected chi connectivity index (χ3v) is 1.83. The fourth-order valence-electron chi connectivity index (χ4n) is 0.884. The van der Waals surface area contributed by atoms with Gasteiger partial charge in [0.15, 0.2) is 0 Å². The Labute approximate surface area is 86.6 Å². The van der Waals surface area contributed by atoms with Crippen LogP contribution in [0.1, 0.15) is 5.56 Å². The molecule has 0 fully saturated rings. The Morgan fingerprint density at radius 1 is 1.57 bits per heavy atom. The molecule has 0 aliphatic rings. The summed E-state index contributed by atoms with van der Waals surface area (Å²) in [6.45, 7) is 0. The number of carbonyl (C=O) groups excluding carboxylic acids is 1. The zero-order valence-electron chi connectivity index (χ0n) is 7.53. The lowest BCUT2D eigenvalue weighted by Gasteiger charge is -1.98. The van der Waals surface area contributed by atoms with Crippen molar-refractivity contribution in [2.45, 2.75) is 0 Å². The number of rotatable bonds is 2. The summed E-state index contributed by atoms with van der Waals surface area (Å²) in [6, 6.07) is 4.63. The number of halogens is 1. The van der Waals surface area contributed by atoms with Gasteiger partial charge in [-0.1, -0.05) is 11.6 Å². The number of hydrogen-bond donors (Lipinski definition) is 1. The fourth-order valence-corrected chi connectivity index (χ4v) is 1.05. The van der Waals surface area contributed by atoms with Crippen LogP contribution in [0.5, 0.6) is 5.75 Å². The van der Waals surface area contributed by atoms with Gasteiger partial charge in [-0.15, -0.1) is 0 Å². The Morgan fingerprint density at radius 2 is 2.29 bits per heavy atom. The van der Waals surface area contributed by atoms with Gasteiger partial charge in [-0.2, -0.15) is 0 Å². The molecule has 0 saturated carbocycles. The van der Waals surface area contributed by atoms with Crippen LogP contribution in [0.4, 0.5) is 0 Å². The molecule has 0 radical (unpaired) electrons. The first kappa shape index (κ1) is 10.6. The van der Waals surface area contributed by atoms with Crippen molar-refractivity contribution in [3.05, 3.63) is 34.9 Å². The topological polar surface area (TPSA) is 46.5 Å². The zero-order chi connectivity index (χ0) is 10.6. The molecule has 0 spiro atoms. The van der Waals surface area contributed by atoms with E-state index in [0.29, 0.717) is 10.6 Å². The normalized spacial score (nSPS) is 10.4. The molecule has 74 valence electrons. The molecule has 4 heteroatoms. The fraction of sp³-hybridized carbons (Fsp3) is 0.100. The van der Waals surface area contributed by atoms with Crippen molar-refractivity contribution < 1.29 is 14.6 Å². The molecule has 1 aromatic rings. The van der Waals surface area contributed by atoms with Crippen LogP contribution in [-0.2, 0) is 9.53 Å². The predicted molar refractivity (Wildman–Crippen MR) is 54.2 cm³/mol. The molecule has 14 heavy (non-hydrogen) atoms. The third kappa shape index (κ3) is 2.78. The summed E-state index contributed by atoms with van der Waals surface area (Å²) >= 11 is 5.63. The number of carbonyl (C=O) groups is 1. The monoisotopic (exact) mass is 212 g/mol. The number of esters is 1. The molecule has 0 heterocycles. The summed E-state index contributed by atoms with van der Waals surface area (Å²) in [5.41, 5.74) is 0.514. The van der Waals surface area contributed by atoms with Crippen molar-refractivity contribution in [1.29, 1.82) is 0 Å². The van der Waals surface area contributed by atoms with Crippen molar-refractivity contribution in [2.75, 3.05) is 7.11 Å². The van der Waals surface area contributed by atoms with Crippen molar-refractivity contribution in [3.8, 4) is 5.75 Å². The highest BCUT2D eigenvalue weighted by atomic mass is 35.5. The van der Waals surface area contributed by atoms with Crippen LogP contribution in [0.25, 0.3) is 6.08 Å². The first-order valence-electron chi connectivity index (χ1n) is 3.88. The van der Waals surface area contributed by atoms with E-state index in [0.717, 1.165) is 0 Å². The average molecular weight is 213 g/mol. The van der Waals surface area contributed by atoms with E-state index in [4.69, 9.17) is 11.6 Å². The van der Waals surface area contributed by atoms with Crippen LogP contribution in [-0.4, -0.2) is 18.2 Å². The summed E-state index contributed by atoms with van der Waals surface area (Å²) in [7, 11) is 1.29. The van der Waals surface area contributed by atoms with Gasteiger partial charge in [0.1, 0.15) is 5.75 Å². The van der Waals surface area contributed by atoms with E-state index in [9.17, 15) is 9.90 Å². The van der Waals surface area contributed by atoms with E-state index in [1.807, 2.05) is 0 Å². The molecule has 1 aromatic carbocycles. The number of phenols is 1. The smallest absolute Gasteiger partial charge is 0.330 e. The molecular formula is C10H9ClO3. The van der Waals surface area contributed by atoms with E-state index >= 15 is 0 Å². The van der Waals surface area contributed by atoms with Crippen LogP contribution >= 0.6 is 11.6 Å². The first-order chi connectivity index (χ1) is 6.63. The van der Waals surface area contributed by atoms with Gasteiger partial charge in [-0.25, -0.2) is 4.79 Å². The lowest BCUT2D eigenvalue weighted by atomic mass is 10.2. The Kier molecular flexibility index (Phi) is 3.54. The quantitative estimate of drug-likeness (QED) is 0.604. The Morgan fingerprint density at radius 3 is 2.86 bits per heavy atom. The van der Waals surface area contributed by atoms with Gasteiger partial charge >= 0.3 is 5.97 Å². The van der Waals surface area contributed by atoms with Gasteiger partial charge in [0, 0.05) is 16.7 Å². The van der Waals surface area contributed by atoms with Gasteiger partial charge in [-0.05, 0) is 24.3 Å². The standard InChI is InChI=1S/C10H9ClO3/c1-14-10(13)5-3-7-2-4-8(11)6-9(7)12/h2-6,12H,1H3. The Hall–Kier alpha value is -1.48. The second kappa shape index (κ2) is 4.67. The molecule has 0 amide bonds. The lowest BCUT2D eigenvalue weighted by Crippen LogP contribution is -1.93. The number of hydrogen-bond acceptors (Lipinski definition) is 3. The second-order valence-corrected chi connectivity index (χ2v) is 3.00. The van der Waals surface area contributed by atoms with E-state index in [2.05, 4.69) is 4.74 Å². The van der Waals surface area contributed by atoms with Crippen LogP contribution < -0.4 is 0 Å². The highest BCUT2D eigenvalue weighted by Crippen LogP contribution is 2.22. The van der Waals surface area contributed by atoms with Gasteiger partial charge in [-0.3, -0.25) is 0 Å². The predicted octanol–water partition coefficient (Wildman–Crippen LogP) is 2.23. The third-order valence-electron chi connectivity index (χ3n) is 1.59. The number of phenolic OH excluding ortho intramolecular Hbond substituents is 1. The molecule has 0 atom stereocenters. The van der Waals surface area contributed by atoms with Gasteiger partial charge in [0.05, 0.1) is 7.11 Å². The molecule has 0 saturated heterocycles. The molecule has 0 aliphatic heterocycles. The average Bonchev–Trinajstić information content (AvgIpc) is 2.16. The number of benzene rings is 1. The number of aromatic hydroxyl groups is 1. The minimum absolute atomic E-state index is 0.0256. The molecule has 0 aliphatic carbocycles. The van der Waals surface area contributed by atoms with E-state index < -0.39 is 5.97 Å². The van der Waals surface area contributed by atoms with E-state index in [-0.39, 0.29) is 5.75 Å². The van der Waals surface area contributed by atoms with E-state index in [1.165, 1.54) is 25.3 Å². The first-order valence-corrected chi connectivity index (χ1v) is 4.26. The number of methoxy groups -OCH3 is 1. The van der Waals surface area contributed by atoms with Gasteiger partial charge in [0.25, 0.3) is 0 Å². The minimum Gasteiger partial charge on any atom is -0.507 e. The summed E-state index contributed by atoms with van der Waals surface area (Å²) in [5, 5.41) is 9.83. The summed E-state index contributed by atoms with van der Waals surface area (Å²) in [4.78, 5) is 10.7. The molecule has 3 nitrogen and oxygen atoms in total. The van der Waals surface area contributed by atoms with Crippen molar-refractivity contribution in [2.24, 2.45) is 0 Å². The highest BCUT2D eigenvalue weighted by Gasteiger charge is 1.99. The second-order valence-electron chi connectivity index (χ2n) is 2.56. The lowest BCUT2D eigenvalue weighted by molar-refractivity contribution is -0.134. The van der Waals surface area contributed by atoms with Crippen molar-refractivity contribution in [1.82, 2.24) is 0 Å². The van der Waals surface area contributed by atoms with Gasteiger partial charge in [0.2, 0.25) is 0 Å². The minimum atomic E-state index is -0.473. The zero-order valence-corrected chi connectivity index (χ0v) is 8.28. The van der Waals surface area contributed by atoms with Crippen LogP contribution in [0.3, 0.4) is 0 Å². The largest absolute Gasteiger partial charge is 0.507 e. The molecule has 0 unspecified atom stereocenters. The van der Waals surface area contributed by atoms with Crippen LogP contribution in [0.15, 0.2) is 24.3 Å². The van der Waals surface area contributed by atoms with E-state index in [1.54, 1.807) is 12.1 Å². The molecule has 1 N–H and O–H groups in total. The Bertz CT molecular complexity index is 372. The van der Waals surface area contributed by atoms with Crippen molar-refractivity contribution in [3.63, 3.8) is 0 Å². The summed E-state index contributed by atoms with van der Waals surface area (Å²) in [5.74, 6) is -0.447. The number of ether oxygens (including phenoxy) is 1. The SMILES string of the molecule is COC(=O)C=Cc1ccc(Cl)cc1O. The maximum Gasteiger partial charge on any atom is 0.330 e. The Balaban J connectivity index is 2.87. The highest BCUT2D eigenvalue weighted by molar-refractivity contribution is 6.30. The maximum atomic E-state index is 10.7. The van der Waals surface area contributed by atoms with Gasteiger partial charge < -0.3 is 9.84 Å². The molecule has 0 bridgehead atoms. The maximum absolute atomic E-state index is 10.7.